The van der Waals surface area contributed by atoms with Gasteiger partial charge in [0.15, 0.2) is 0 Å². The van der Waals surface area contributed by atoms with Gasteiger partial charge in [0.25, 0.3) is 0 Å². The molecule has 19 nitrogen and oxygen atoms in total. The van der Waals surface area contributed by atoms with Crippen LogP contribution in [0.5, 0.6) is 0 Å². The van der Waals surface area contributed by atoms with Gasteiger partial charge in [-0.05, 0) is 38.5 Å². The third-order valence-corrected chi connectivity index (χ3v) is 14.0. The van der Waals surface area contributed by atoms with E-state index in [1.54, 1.807) is 0 Å². The van der Waals surface area contributed by atoms with Crippen molar-refractivity contribution in [2.24, 2.45) is 0 Å². The van der Waals surface area contributed by atoms with E-state index < -0.39 is 35.6 Å². The smallest absolute Gasteiger partial charge is 0.303 e. The molecule has 344 valence electrons. The number of carbonyl (C=O) groups excluding carboxylic acids is 4. The van der Waals surface area contributed by atoms with Crippen molar-refractivity contribution in [3.8, 4) is 0 Å². The molecule has 0 radical (unpaired) electrons. The first-order valence-corrected chi connectivity index (χ1v) is 26.0. The van der Waals surface area contributed by atoms with Crippen molar-refractivity contribution in [3.05, 3.63) is 0 Å². The standard InChI is InChI=1S/C36H69N6O12P3.CH4O/c43-25-10-2-1-7-16-37-32(44)13-26-55(51)29-40-19-20-41(30-56(52)27-14-33(45)38-17-8-3-5-11-35(47)48)22-24-42(23-21-40)31-57(53,54)28-15-34(46)39-18-9-4-6-12-36(49)50;1-2/h25,51-52H,1-24,26-31H2,(H,37,44)(H,38,45)(H,39,46)(H,47,48)(H,49,50)(H,53,54);2H,1H3. The maximum atomic E-state index is 13.3. The molecule has 3 unspecified atom stereocenters. The van der Waals surface area contributed by atoms with E-state index in [0.717, 1.165) is 32.7 Å². The van der Waals surface area contributed by atoms with E-state index in [2.05, 4.69) is 25.8 Å². The zero-order chi connectivity index (χ0) is 44.3. The second-order valence-corrected chi connectivity index (χ2v) is 20.4. The highest BCUT2D eigenvalue weighted by molar-refractivity contribution is 7.57. The summed E-state index contributed by atoms with van der Waals surface area (Å²) in [7, 11) is -5.81. The van der Waals surface area contributed by atoms with Crippen LogP contribution >= 0.6 is 23.7 Å². The quantitative estimate of drug-likeness (QED) is 0.0259. The minimum Gasteiger partial charge on any atom is -0.481 e. The van der Waals surface area contributed by atoms with Crippen LogP contribution in [-0.4, -0.2) is 184 Å². The Morgan fingerprint density at radius 2 is 0.949 bits per heavy atom. The van der Waals surface area contributed by atoms with Crippen LogP contribution in [0.2, 0.25) is 0 Å². The van der Waals surface area contributed by atoms with E-state index in [0.29, 0.717) is 129 Å². The molecule has 9 N–H and O–H groups in total. The topological polar surface area (TPSA) is 287 Å². The minimum absolute atomic E-state index is 0.0707. The van der Waals surface area contributed by atoms with Crippen molar-refractivity contribution < 1.29 is 63.3 Å². The fourth-order valence-electron chi connectivity index (χ4n) is 5.97. The number of nitrogens with one attached hydrogen (secondary N) is 3. The molecule has 3 atom stereocenters. The van der Waals surface area contributed by atoms with Crippen LogP contribution in [0.4, 0.5) is 0 Å². The first kappa shape index (κ1) is 56.8. The summed E-state index contributed by atoms with van der Waals surface area (Å²) in [5.74, 6) is -2.37. The molecule has 1 aliphatic heterocycles. The van der Waals surface area contributed by atoms with Gasteiger partial charge in [-0.15, -0.1) is 0 Å². The molecular formula is C37H73N6O13P3. The highest BCUT2D eigenvalue weighted by Crippen LogP contribution is 2.42. The molecule has 0 saturated carbocycles. The number of hydrogen-bond donors (Lipinski definition) is 9. The second-order valence-electron chi connectivity index (χ2n) is 14.5. The van der Waals surface area contributed by atoms with E-state index in [1.165, 1.54) is 0 Å². The lowest BCUT2D eigenvalue weighted by atomic mass is 10.2. The van der Waals surface area contributed by atoms with Crippen LogP contribution in [0.3, 0.4) is 0 Å². The van der Waals surface area contributed by atoms with Gasteiger partial charge in [0, 0.05) is 152 Å². The van der Waals surface area contributed by atoms with Crippen molar-refractivity contribution in [3.63, 3.8) is 0 Å². The van der Waals surface area contributed by atoms with E-state index in [9.17, 15) is 48.0 Å². The monoisotopic (exact) mass is 902 g/mol. The summed E-state index contributed by atoms with van der Waals surface area (Å²) in [6, 6.07) is 0. The molecule has 0 spiro atoms. The molecule has 1 fully saturated rings. The Bertz CT molecular complexity index is 1240. The van der Waals surface area contributed by atoms with Crippen LogP contribution in [0.25, 0.3) is 0 Å². The van der Waals surface area contributed by atoms with E-state index in [-0.39, 0.29) is 62.3 Å². The summed E-state index contributed by atoms with van der Waals surface area (Å²) in [6.45, 7) is 4.26. The van der Waals surface area contributed by atoms with Gasteiger partial charge < -0.3 is 50.7 Å². The summed E-state index contributed by atoms with van der Waals surface area (Å²) in [5, 5.41) is 32.9. The largest absolute Gasteiger partial charge is 0.481 e. The Morgan fingerprint density at radius 3 is 1.34 bits per heavy atom. The molecule has 0 aliphatic carbocycles. The summed E-state index contributed by atoms with van der Waals surface area (Å²) in [5.41, 5.74) is 0. The average Bonchev–Trinajstić information content (AvgIpc) is 3.27. The number of aliphatic carboxylic acids is 2. The van der Waals surface area contributed by atoms with E-state index in [4.69, 9.17) is 15.3 Å². The highest BCUT2D eigenvalue weighted by Gasteiger charge is 2.27. The number of carboxylic acids is 2. The van der Waals surface area contributed by atoms with Gasteiger partial charge in [-0.3, -0.25) is 43.2 Å². The number of aldehydes is 1. The van der Waals surface area contributed by atoms with Crippen LogP contribution in [-0.2, 0) is 33.3 Å². The normalized spacial score (nSPS) is 16.2. The Morgan fingerprint density at radius 1 is 0.576 bits per heavy atom. The second kappa shape index (κ2) is 36.5. The molecular weight excluding hydrogens is 829 g/mol. The Labute approximate surface area is 352 Å². The van der Waals surface area contributed by atoms with Gasteiger partial charge in [0.1, 0.15) is 6.29 Å². The number of aliphatic hydroxyl groups excluding tert-OH is 1. The third kappa shape index (κ3) is 35.2. The molecule has 3 amide bonds. The third-order valence-electron chi connectivity index (χ3n) is 9.33. The maximum Gasteiger partial charge on any atom is 0.303 e. The molecule has 0 bridgehead atoms. The molecule has 0 aromatic carbocycles. The molecule has 22 heteroatoms. The first-order chi connectivity index (χ1) is 28.2. The summed E-state index contributed by atoms with van der Waals surface area (Å²) in [4.78, 5) is 108. The molecule has 0 aromatic rings. The lowest BCUT2D eigenvalue weighted by molar-refractivity contribution is -0.138. The van der Waals surface area contributed by atoms with Gasteiger partial charge in [0.2, 0.25) is 25.1 Å². The van der Waals surface area contributed by atoms with Gasteiger partial charge in [-0.2, -0.15) is 0 Å². The van der Waals surface area contributed by atoms with E-state index >= 15 is 0 Å². The van der Waals surface area contributed by atoms with Crippen LogP contribution in [0.15, 0.2) is 0 Å². The zero-order valence-electron chi connectivity index (χ0n) is 35.0. The van der Waals surface area contributed by atoms with Crippen molar-refractivity contribution in [2.75, 3.05) is 103 Å². The minimum atomic E-state index is -3.76. The fraction of sp³-hybridized carbons (Fsp3) is 0.838. The number of carbonyl (C=O) groups is 6. The zero-order valence-corrected chi connectivity index (χ0v) is 37.7. The number of unbranched alkanes of at least 4 members (excludes halogenated alkanes) is 7. The Kier molecular flexibility index (Phi) is 35.1. The molecule has 1 heterocycles. The lowest BCUT2D eigenvalue weighted by Gasteiger charge is -2.28. The number of amides is 3. The Hall–Kier alpha value is -2.17. The molecule has 1 aliphatic rings. The average molecular weight is 903 g/mol. The van der Waals surface area contributed by atoms with Crippen LogP contribution in [0.1, 0.15) is 96.3 Å². The predicted molar refractivity (Wildman–Crippen MR) is 230 cm³/mol. The number of hydrogen-bond acceptors (Lipinski definition) is 13. The molecule has 59 heavy (non-hydrogen) atoms. The van der Waals surface area contributed by atoms with Gasteiger partial charge in [-0.1, -0.05) is 19.3 Å². The number of rotatable bonds is 33. The summed E-state index contributed by atoms with van der Waals surface area (Å²) >= 11 is 0. The predicted octanol–water partition coefficient (Wildman–Crippen LogP) is 2.00. The summed E-state index contributed by atoms with van der Waals surface area (Å²) in [6.07, 6.45) is 8.84. The number of carboxylic acid groups (broad SMARTS) is 2. The lowest BCUT2D eigenvalue weighted by Crippen LogP contribution is -2.37. The van der Waals surface area contributed by atoms with Crippen molar-refractivity contribution in [2.45, 2.75) is 96.3 Å². The Balaban J connectivity index is 0.0000165. The van der Waals surface area contributed by atoms with E-state index in [1.807, 2.05) is 4.90 Å². The van der Waals surface area contributed by atoms with Crippen molar-refractivity contribution >= 4 is 59.6 Å². The number of aliphatic hydroxyl groups is 1. The maximum absolute atomic E-state index is 13.3. The molecule has 1 saturated heterocycles. The van der Waals surface area contributed by atoms with Gasteiger partial charge in [0.05, 0.1) is 6.29 Å². The van der Waals surface area contributed by atoms with Gasteiger partial charge >= 0.3 is 11.9 Å². The van der Waals surface area contributed by atoms with Crippen molar-refractivity contribution in [1.29, 1.82) is 0 Å². The van der Waals surface area contributed by atoms with Crippen LogP contribution < -0.4 is 16.0 Å². The van der Waals surface area contributed by atoms with Gasteiger partial charge in [-0.25, -0.2) is 0 Å². The molecule has 0 aromatic heterocycles. The first-order valence-electron chi connectivity index (χ1n) is 20.7. The fourth-order valence-corrected chi connectivity index (χ4v) is 10.3. The number of nitrogens with zero attached hydrogens (tertiary/aromatic N) is 3. The van der Waals surface area contributed by atoms with Crippen LogP contribution in [0, 0.1) is 0 Å². The van der Waals surface area contributed by atoms with Crippen molar-refractivity contribution in [1.82, 2.24) is 30.7 Å². The summed E-state index contributed by atoms with van der Waals surface area (Å²) < 4.78 is 13.3. The molecule has 1 rings (SSSR count). The SMILES string of the molecule is CO.O=CCCCCCNC(=O)CCP(O)CN1CCN(CP(O)CCC(=O)NCCCCCC(=O)O)CCN(CP(=O)(O)CCC(=O)NCCCCCC(=O)O)CC1. The highest BCUT2D eigenvalue weighted by atomic mass is 31.2.